The lowest BCUT2D eigenvalue weighted by Crippen LogP contribution is -2.33. The number of hydrogen-bond acceptors (Lipinski definition) is 3. The van der Waals surface area contributed by atoms with Crippen LogP contribution in [0.5, 0.6) is 0 Å². The molecule has 2 atom stereocenters. The van der Waals surface area contributed by atoms with E-state index in [0.717, 1.165) is 13.0 Å². The monoisotopic (exact) mass is 238 g/mol. The third kappa shape index (κ3) is 1.99. The Bertz CT molecular complexity index is 388. The van der Waals surface area contributed by atoms with E-state index in [2.05, 4.69) is 26.0 Å². The minimum Gasteiger partial charge on any atom is -0.333 e. The lowest BCUT2D eigenvalue weighted by Gasteiger charge is -2.25. The lowest BCUT2D eigenvalue weighted by molar-refractivity contribution is -0.129. The summed E-state index contributed by atoms with van der Waals surface area (Å²) in [7, 11) is 0. The Morgan fingerprint density at radius 3 is 2.88 bits per heavy atom. The summed E-state index contributed by atoms with van der Waals surface area (Å²) in [6.07, 6.45) is 1.47. The van der Waals surface area contributed by atoms with Crippen molar-refractivity contribution < 1.29 is 4.79 Å². The average molecular weight is 238 g/mol. The normalized spacial score (nSPS) is 25.4. The van der Waals surface area contributed by atoms with Gasteiger partial charge in [0, 0.05) is 28.8 Å². The van der Waals surface area contributed by atoms with E-state index in [0.29, 0.717) is 6.42 Å². The van der Waals surface area contributed by atoms with Crippen molar-refractivity contribution in [3.8, 4) is 0 Å². The summed E-state index contributed by atoms with van der Waals surface area (Å²) in [6, 6.07) is 4.26. The lowest BCUT2D eigenvalue weighted by atomic mass is 10.1. The van der Waals surface area contributed by atoms with E-state index in [1.807, 2.05) is 4.90 Å². The SMILES string of the molecule is CCCN1C(=O)CC(N)C1c1ccc(C)s1. The fraction of sp³-hybridized carbons (Fsp3) is 0.583. The summed E-state index contributed by atoms with van der Waals surface area (Å²) in [4.78, 5) is 16.3. The molecule has 1 saturated heterocycles. The van der Waals surface area contributed by atoms with Crippen LogP contribution in [0.1, 0.15) is 35.6 Å². The maximum absolute atomic E-state index is 11.8. The number of hydrogen-bond donors (Lipinski definition) is 1. The Hall–Kier alpha value is -0.870. The van der Waals surface area contributed by atoms with Crippen LogP contribution >= 0.6 is 11.3 Å². The Labute approximate surface area is 100 Å². The number of likely N-dealkylation sites (tertiary alicyclic amines) is 1. The van der Waals surface area contributed by atoms with Crippen molar-refractivity contribution in [3.63, 3.8) is 0 Å². The highest BCUT2D eigenvalue weighted by molar-refractivity contribution is 7.12. The Morgan fingerprint density at radius 1 is 1.56 bits per heavy atom. The van der Waals surface area contributed by atoms with Crippen molar-refractivity contribution >= 4 is 17.2 Å². The van der Waals surface area contributed by atoms with E-state index in [4.69, 9.17) is 5.73 Å². The zero-order chi connectivity index (χ0) is 11.7. The second kappa shape index (κ2) is 4.55. The van der Waals surface area contributed by atoms with Gasteiger partial charge in [-0.15, -0.1) is 11.3 Å². The van der Waals surface area contributed by atoms with Gasteiger partial charge in [0.1, 0.15) is 0 Å². The standard InChI is InChI=1S/C12H18N2OS/c1-3-6-14-11(15)7-9(13)12(14)10-5-4-8(2)16-10/h4-5,9,12H,3,6-7,13H2,1-2H3. The first-order chi connectivity index (χ1) is 7.63. The van der Waals surface area contributed by atoms with Crippen molar-refractivity contribution in [1.29, 1.82) is 0 Å². The summed E-state index contributed by atoms with van der Waals surface area (Å²) < 4.78 is 0. The minimum absolute atomic E-state index is 0.0444. The van der Waals surface area contributed by atoms with Crippen molar-refractivity contribution in [3.05, 3.63) is 21.9 Å². The number of amides is 1. The molecule has 0 spiro atoms. The second-order valence-electron chi connectivity index (χ2n) is 4.35. The molecule has 0 aliphatic carbocycles. The molecule has 2 rings (SSSR count). The molecule has 0 bridgehead atoms. The van der Waals surface area contributed by atoms with Gasteiger partial charge in [-0.3, -0.25) is 4.79 Å². The van der Waals surface area contributed by atoms with Crippen LogP contribution in [-0.2, 0) is 4.79 Å². The molecule has 0 radical (unpaired) electrons. The van der Waals surface area contributed by atoms with Crippen molar-refractivity contribution in [2.75, 3.05) is 6.54 Å². The van der Waals surface area contributed by atoms with Gasteiger partial charge in [0.15, 0.2) is 0 Å². The number of nitrogens with two attached hydrogens (primary N) is 1. The van der Waals surface area contributed by atoms with Gasteiger partial charge < -0.3 is 10.6 Å². The maximum atomic E-state index is 11.8. The van der Waals surface area contributed by atoms with Crippen LogP contribution in [0.4, 0.5) is 0 Å². The van der Waals surface area contributed by atoms with Crippen LogP contribution in [0.3, 0.4) is 0 Å². The van der Waals surface area contributed by atoms with Crippen LogP contribution < -0.4 is 5.73 Å². The zero-order valence-electron chi connectivity index (χ0n) is 9.77. The van der Waals surface area contributed by atoms with Gasteiger partial charge in [-0.05, 0) is 25.5 Å². The van der Waals surface area contributed by atoms with E-state index in [1.165, 1.54) is 9.75 Å². The fourth-order valence-electron chi connectivity index (χ4n) is 2.30. The number of nitrogens with zero attached hydrogens (tertiary/aromatic N) is 1. The Morgan fingerprint density at radius 2 is 2.31 bits per heavy atom. The molecule has 4 heteroatoms. The van der Waals surface area contributed by atoms with Gasteiger partial charge in [-0.2, -0.15) is 0 Å². The molecule has 1 amide bonds. The van der Waals surface area contributed by atoms with E-state index < -0.39 is 0 Å². The zero-order valence-corrected chi connectivity index (χ0v) is 10.6. The molecular weight excluding hydrogens is 220 g/mol. The van der Waals surface area contributed by atoms with E-state index >= 15 is 0 Å². The summed E-state index contributed by atoms with van der Waals surface area (Å²) in [5, 5.41) is 0. The molecule has 1 fully saturated rings. The topological polar surface area (TPSA) is 46.3 Å². The predicted octanol–water partition coefficient (Wildman–Crippen LogP) is 2.07. The third-order valence-corrected chi connectivity index (χ3v) is 4.06. The predicted molar refractivity (Wildman–Crippen MR) is 66.4 cm³/mol. The molecule has 0 aromatic carbocycles. The largest absolute Gasteiger partial charge is 0.333 e. The van der Waals surface area contributed by atoms with Crippen LogP contribution in [0, 0.1) is 6.92 Å². The van der Waals surface area contributed by atoms with Gasteiger partial charge in [-0.1, -0.05) is 6.92 Å². The molecule has 1 aromatic heterocycles. The van der Waals surface area contributed by atoms with Gasteiger partial charge in [-0.25, -0.2) is 0 Å². The summed E-state index contributed by atoms with van der Waals surface area (Å²) in [5.41, 5.74) is 6.08. The summed E-state index contributed by atoms with van der Waals surface area (Å²) >= 11 is 1.75. The van der Waals surface area contributed by atoms with Gasteiger partial charge in [0.05, 0.1) is 6.04 Å². The molecule has 0 saturated carbocycles. The molecule has 88 valence electrons. The molecule has 1 aliphatic rings. The van der Waals surface area contributed by atoms with Crippen molar-refractivity contribution in [1.82, 2.24) is 4.90 Å². The molecule has 1 aromatic rings. The number of aryl methyl sites for hydroxylation is 1. The first-order valence-corrected chi connectivity index (χ1v) is 6.56. The number of rotatable bonds is 3. The van der Waals surface area contributed by atoms with Gasteiger partial charge >= 0.3 is 0 Å². The molecule has 2 N–H and O–H groups in total. The minimum atomic E-state index is -0.0444. The fourth-order valence-corrected chi connectivity index (χ4v) is 3.37. The summed E-state index contributed by atoms with van der Waals surface area (Å²) in [5.74, 6) is 0.199. The van der Waals surface area contributed by atoms with Gasteiger partial charge in [0.2, 0.25) is 5.91 Å². The Balaban J connectivity index is 2.26. The number of carbonyl (C=O) groups is 1. The van der Waals surface area contributed by atoms with Crippen LogP contribution in [-0.4, -0.2) is 23.4 Å². The highest BCUT2D eigenvalue weighted by atomic mass is 32.1. The molecule has 3 nitrogen and oxygen atoms in total. The quantitative estimate of drug-likeness (QED) is 0.876. The molecule has 16 heavy (non-hydrogen) atoms. The molecular formula is C12H18N2OS. The third-order valence-electron chi connectivity index (χ3n) is 2.99. The number of carbonyl (C=O) groups excluding carboxylic acids is 1. The Kier molecular flexibility index (Phi) is 3.30. The molecule has 1 aliphatic heterocycles. The number of thiophene rings is 1. The van der Waals surface area contributed by atoms with Gasteiger partial charge in [0.25, 0.3) is 0 Å². The highest BCUT2D eigenvalue weighted by Gasteiger charge is 2.38. The van der Waals surface area contributed by atoms with Crippen molar-refractivity contribution in [2.24, 2.45) is 5.73 Å². The molecule has 2 unspecified atom stereocenters. The van der Waals surface area contributed by atoms with Crippen LogP contribution in [0.15, 0.2) is 12.1 Å². The smallest absolute Gasteiger partial charge is 0.224 e. The molecule has 2 heterocycles. The highest BCUT2D eigenvalue weighted by Crippen LogP contribution is 2.35. The second-order valence-corrected chi connectivity index (χ2v) is 5.67. The van der Waals surface area contributed by atoms with E-state index in [-0.39, 0.29) is 18.0 Å². The van der Waals surface area contributed by atoms with E-state index in [9.17, 15) is 4.79 Å². The van der Waals surface area contributed by atoms with Crippen LogP contribution in [0.2, 0.25) is 0 Å². The average Bonchev–Trinajstić information content (AvgIpc) is 2.73. The van der Waals surface area contributed by atoms with Crippen LogP contribution in [0.25, 0.3) is 0 Å². The van der Waals surface area contributed by atoms with Crippen molar-refractivity contribution in [2.45, 2.75) is 38.8 Å². The summed E-state index contributed by atoms with van der Waals surface area (Å²) in [6.45, 7) is 4.99. The first-order valence-electron chi connectivity index (χ1n) is 5.75. The van der Waals surface area contributed by atoms with E-state index in [1.54, 1.807) is 11.3 Å². The maximum Gasteiger partial charge on any atom is 0.224 e. The first kappa shape index (κ1) is 11.6.